The maximum absolute atomic E-state index is 14.2. The van der Waals surface area contributed by atoms with E-state index in [9.17, 15) is 27.9 Å². The fraction of sp³-hybridized carbons (Fsp3) is 0.258. The van der Waals surface area contributed by atoms with E-state index in [1.807, 2.05) is 7.05 Å². The quantitative estimate of drug-likeness (QED) is 0.252. The molecule has 1 saturated heterocycles. The van der Waals surface area contributed by atoms with Crippen LogP contribution >= 0.6 is 22.9 Å². The molecule has 0 bridgehead atoms. The number of anilines is 1. The van der Waals surface area contributed by atoms with Crippen molar-refractivity contribution < 1.29 is 23.1 Å². The van der Waals surface area contributed by atoms with Gasteiger partial charge in [-0.15, -0.1) is 11.3 Å². The van der Waals surface area contributed by atoms with Crippen molar-refractivity contribution in [3.8, 4) is 23.0 Å². The number of aromatic carboxylic acids is 1. The minimum absolute atomic E-state index is 0.0633. The zero-order valence-corrected chi connectivity index (χ0v) is 25.5. The Hall–Kier alpha value is -4.51. The number of piperazine rings is 1. The Morgan fingerprint density at radius 2 is 1.82 bits per heavy atom. The summed E-state index contributed by atoms with van der Waals surface area (Å²) in [6.07, 6.45) is -3.23. The molecule has 5 heterocycles. The van der Waals surface area contributed by atoms with Crippen molar-refractivity contribution in [2.75, 3.05) is 38.1 Å². The second-order valence-electron chi connectivity index (χ2n) is 10.5. The second-order valence-corrected chi connectivity index (χ2v) is 11.9. The number of likely N-dealkylation sites (N-methyl/N-ethyl adjacent to an activating group) is 1. The van der Waals surface area contributed by atoms with Gasteiger partial charge >= 0.3 is 12.1 Å². The van der Waals surface area contributed by atoms with Gasteiger partial charge in [0, 0.05) is 59.5 Å². The first-order chi connectivity index (χ1) is 21.4. The highest BCUT2D eigenvalue weighted by Gasteiger charge is 2.36. The van der Waals surface area contributed by atoms with Gasteiger partial charge in [-0.25, -0.2) is 14.8 Å². The summed E-state index contributed by atoms with van der Waals surface area (Å²) in [6, 6.07) is 7.77. The van der Waals surface area contributed by atoms with Gasteiger partial charge in [0.15, 0.2) is 5.52 Å². The molecule has 9 nitrogen and oxygen atoms in total. The molecular weight excluding hydrogens is 629 g/mol. The molecular formula is C31H24ClF3N6O3S. The van der Waals surface area contributed by atoms with Crippen LogP contribution in [0.15, 0.2) is 46.7 Å². The van der Waals surface area contributed by atoms with Crippen LogP contribution in [0.5, 0.6) is 0 Å². The summed E-state index contributed by atoms with van der Waals surface area (Å²) in [5.74, 6) is 5.05. The van der Waals surface area contributed by atoms with Crippen molar-refractivity contribution in [2.45, 2.75) is 19.6 Å². The summed E-state index contributed by atoms with van der Waals surface area (Å²) in [7, 11) is 1.93. The maximum atomic E-state index is 14.2. The number of thiophene rings is 1. The SMILES string of the molecule is Cc1nc2c(C(F)(F)F)cc(N3CCN(C)CC3)nc2c(=O)n1CC#Cc1ccc(Cl)cc1-c1ccnc2c(C(=O)O)csc12. The number of nitrogens with zero attached hydrogens (tertiary/aromatic N) is 6. The van der Waals surface area contributed by atoms with Gasteiger partial charge in [-0.1, -0.05) is 23.4 Å². The number of alkyl halides is 3. The number of aromatic nitrogens is 4. The van der Waals surface area contributed by atoms with E-state index in [1.54, 1.807) is 29.2 Å². The summed E-state index contributed by atoms with van der Waals surface area (Å²) in [5, 5.41) is 11.5. The molecule has 6 rings (SSSR count). The lowest BCUT2D eigenvalue weighted by Gasteiger charge is -2.33. The highest BCUT2D eigenvalue weighted by atomic mass is 35.5. The van der Waals surface area contributed by atoms with Crippen molar-refractivity contribution in [1.29, 1.82) is 0 Å². The first kappa shape index (κ1) is 30.5. The molecule has 0 spiro atoms. The Bertz CT molecular complexity index is 2110. The zero-order chi connectivity index (χ0) is 32.0. The summed E-state index contributed by atoms with van der Waals surface area (Å²) < 4.78 is 44.3. The van der Waals surface area contributed by atoms with Crippen molar-refractivity contribution in [3.63, 3.8) is 0 Å². The Morgan fingerprint density at radius 3 is 2.53 bits per heavy atom. The molecule has 1 N–H and O–H groups in total. The van der Waals surface area contributed by atoms with Crippen LogP contribution in [0.1, 0.15) is 27.3 Å². The average Bonchev–Trinajstić information content (AvgIpc) is 3.44. The Morgan fingerprint density at radius 1 is 1.07 bits per heavy atom. The summed E-state index contributed by atoms with van der Waals surface area (Å²) >= 11 is 7.56. The third-order valence-electron chi connectivity index (χ3n) is 7.64. The predicted octanol–water partition coefficient (Wildman–Crippen LogP) is 5.55. The summed E-state index contributed by atoms with van der Waals surface area (Å²) in [5.41, 5.74) is -0.297. The number of carboxylic acid groups (broad SMARTS) is 1. The fourth-order valence-electron chi connectivity index (χ4n) is 5.24. The van der Waals surface area contributed by atoms with Crippen LogP contribution in [0.4, 0.5) is 19.0 Å². The molecule has 230 valence electrons. The molecule has 0 atom stereocenters. The monoisotopic (exact) mass is 652 g/mol. The van der Waals surface area contributed by atoms with E-state index >= 15 is 0 Å². The van der Waals surface area contributed by atoms with Crippen molar-refractivity contribution in [1.82, 2.24) is 24.4 Å². The molecule has 0 amide bonds. The number of hydrogen-bond acceptors (Lipinski definition) is 8. The number of halogens is 4. The lowest BCUT2D eigenvalue weighted by atomic mass is 10.00. The van der Waals surface area contributed by atoms with Gasteiger partial charge in [-0.3, -0.25) is 14.3 Å². The smallest absolute Gasteiger partial charge is 0.418 e. The topological polar surface area (TPSA) is 104 Å². The molecule has 1 fully saturated rings. The van der Waals surface area contributed by atoms with Gasteiger partial charge in [0.1, 0.15) is 17.2 Å². The maximum Gasteiger partial charge on any atom is 0.418 e. The molecule has 0 saturated carbocycles. The zero-order valence-electron chi connectivity index (χ0n) is 23.9. The van der Waals surface area contributed by atoms with Crippen LogP contribution in [-0.2, 0) is 12.7 Å². The Kier molecular flexibility index (Phi) is 7.98. The number of carboxylic acids is 1. The van der Waals surface area contributed by atoms with Crippen molar-refractivity contribution in [2.24, 2.45) is 0 Å². The van der Waals surface area contributed by atoms with E-state index < -0.39 is 28.8 Å². The molecule has 0 aliphatic carbocycles. The van der Waals surface area contributed by atoms with Crippen LogP contribution in [0, 0.1) is 18.8 Å². The molecule has 1 aromatic carbocycles. The molecule has 14 heteroatoms. The fourth-order valence-corrected chi connectivity index (χ4v) is 6.44. The van der Waals surface area contributed by atoms with Crippen molar-refractivity contribution >= 4 is 56.0 Å². The third kappa shape index (κ3) is 5.84. The van der Waals surface area contributed by atoms with E-state index in [0.717, 1.165) is 6.07 Å². The number of pyridine rings is 2. The first-order valence-corrected chi connectivity index (χ1v) is 15.0. The van der Waals surface area contributed by atoms with Gasteiger partial charge in [-0.05, 0) is 44.3 Å². The summed E-state index contributed by atoms with van der Waals surface area (Å²) in [4.78, 5) is 41.9. The van der Waals surface area contributed by atoms with E-state index in [2.05, 4.69) is 31.7 Å². The second kappa shape index (κ2) is 11.8. The highest BCUT2D eigenvalue weighted by molar-refractivity contribution is 7.18. The standard InChI is InChI=1S/C31H24ClF3N6O3S/c1-17-37-26-23(31(33,34)35)15-24(40-12-10-39(2)11-13-40)38-27(26)29(42)41(17)9-3-4-18-5-6-19(32)14-21(18)20-7-8-36-25-22(30(43)44)16-45-28(20)25/h5-8,14-16H,9-13H2,1-2H3,(H,43,44). The van der Waals surface area contributed by atoms with E-state index in [1.165, 1.54) is 34.4 Å². The molecule has 45 heavy (non-hydrogen) atoms. The lowest BCUT2D eigenvalue weighted by Crippen LogP contribution is -2.45. The van der Waals surface area contributed by atoms with Crippen LogP contribution in [0.25, 0.3) is 32.4 Å². The summed E-state index contributed by atoms with van der Waals surface area (Å²) in [6.45, 7) is 3.54. The predicted molar refractivity (Wildman–Crippen MR) is 167 cm³/mol. The third-order valence-corrected chi connectivity index (χ3v) is 8.88. The van der Waals surface area contributed by atoms with Gasteiger partial charge < -0.3 is 14.9 Å². The van der Waals surface area contributed by atoms with Crippen LogP contribution < -0.4 is 10.5 Å². The van der Waals surface area contributed by atoms with Crippen molar-refractivity contribution in [3.05, 3.63) is 79.8 Å². The largest absolute Gasteiger partial charge is 0.478 e. The number of rotatable bonds is 4. The minimum atomic E-state index is -4.74. The van der Waals surface area contributed by atoms with E-state index in [-0.39, 0.29) is 29.3 Å². The average molecular weight is 653 g/mol. The lowest BCUT2D eigenvalue weighted by molar-refractivity contribution is -0.136. The Balaban J connectivity index is 1.41. The van der Waals surface area contributed by atoms with Gasteiger partial charge in [0.2, 0.25) is 0 Å². The molecule has 4 aromatic heterocycles. The number of fused-ring (bicyclic) bond motifs is 2. The normalized spacial score (nSPS) is 14.1. The molecule has 1 aliphatic heterocycles. The van der Waals surface area contributed by atoms with E-state index in [0.29, 0.717) is 58.1 Å². The van der Waals surface area contributed by atoms with Crippen LogP contribution in [0.3, 0.4) is 0 Å². The van der Waals surface area contributed by atoms with Gasteiger partial charge in [0.05, 0.1) is 27.9 Å². The number of carbonyl (C=O) groups is 1. The Labute approximate surface area is 263 Å². The highest BCUT2D eigenvalue weighted by Crippen LogP contribution is 2.37. The van der Waals surface area contributed by atoms with Crippen LogP contribution in [-0.4, -0.2) is 68.7 Å². The molecule has 0 unspecified atom stereocenters. The number of benzene rings is 1. The first-order valence-electron chi connectivity index (χ1n) is 13.7. The van der Waals surface area contributed by atoms with Crippen LogP contribution in [0.2, 0.25) is 5.02 Å². The molecule has 1 aliphatic rings. The van der Waals surface area contributed by atoms with Gasteiger partial charge in [0.25, 0.3) is 5.56 Å². The minimum Gasteiger partial charge on any atom is -0.478 e. The van der Waals surface area contributed by atoms with E-state index in [4.69, 9.17) is 11.6 Å². The number of aryl methyl sites for hydroxylation is 1. The molecule has 0 radical (unpaired) electrons. The number of hydrogen-bond donors (Lipinski definition) is 1. The van der Waals surface area contributed by atoms with Gasteiger partial charge in [-0.2, -0.15) is 13.2 Å². The molecule has 5 aromatic rings.